The van der Waals surface area contributed by atoms with Gasteiger partial charge in [0.15, 0.2) is 6.61 Å². The van der Waals surface area contributed by atoms with Crippen LogP contribution in [0.3, 0.4) is 0 Å². The number of hydrogen-bond donors (Lipinski definition) is 1. The highest BCUT2D eigenvalue weighted by molar-refractivity contribution is 5.82. The molecule has 12 heteroatoms. The Bertz CT molecular complexity index is 1100. The van der Waals surface area contributed by atoms with E-state index in [0.29, 0.717) is 12.8 Å². The predicted molar refractivity (Wildman–Crippen MR) is 111 cm³/mol. The van der Waals surface area contributed by atoms with E-state index in [1.807, 2.05) is 0 Å². The lowest BCUT2D eigenvalue weighted by atomic mass is 9.96. The van der Waals surface area contributed by atoms with Crippen molar-refractivity contribution in [3.05, 3.63) is 47.2 Å². The number of rotatable bonds is 9. The van der Waals surface area contributed by atoms with E-state index in [4.69, 9.17) is 9.84 Å². The lowest BCUT2D eigenvalue weighted by Gasteiger charge is -2.24. The third-order valence-corrected chi connectivity index (χ3v) is 5.34. The number of pyridine rings is 1. The summed E-state index contributed by atoms with van der Waals surface area (Å²) in [6.07, 6.45) is -7.54. The maximum Gasteiger partial charge on any atom is 0.422 e. The van der Waals surface area contributed by atoms with Gasteiger partial charge < -0.3 is 14.7 Å². The number of benzene rings is 1. The molecule has 1 heterocycles. The van der Waals surface area contributed by atoms with Gasteiger partial charge in [-0.3, -0.25) is 9.59 Å². The number of ether oxygens (including phenoxy) is 1. The molecule has 1 aliphatic carbocycles. The summed E-state index contributed by atoms with van der Waals surface area (Å²) < 4.78 is 83.5. The van der Waals surface area contributed by atoms with E-state index < -0.39 is 42.8 Å². The average Bonchev–Trinajstić information content (AvgIpc) is 3.60. The van der Waals surface area contributed by atoms with Crippen molar-refractivity contribution in [2.24, 2.45) is 5.92 Å². The molecule has 0 aliphatic heterocycles. The molecule has 0 bridgehead atoms. The number of halogens is 6. The van der Waals surface area contributed by atoms with Crippen molar-refractivity contribution < 1.29 is 45.8 Å². The SMILES string of the molecule is CCN(Cc1cc(C(F)(F)F)ccc1-c1cc(CC(=O)O)cnc1OCC(F)(F)F)C(=O)C1CC1. The minimum absolute atomic E-state index is 0.0156. The third-order valence-electron chi connectivity index (χ3n) is 5.34. The highest BCUT2D eigenvalue weighted by atomic mass is 19.4. The second-order valence-corrected chi connectivity index (χ2v) is 8.17. The number of carboxylic acids is 1. The second kappa shape index (κ2) is 10.1. The maximum absolute atomic E-state index is 13.4. The fourth-order valence-corrected chi connectivity index (χ4v) is 3.53. The van der Waals surface area contributed by atoms with Crippen LogP contribution in [0.5, 0.6) is 5.88 Å². The van der Waals surface area contributed by atoms with Crippen molar-refractivity contribution in [3.63, 3.8) is 0 Å². The van der Waals surface area contributed by atoms with Crippen LogP contribution < -0.4 is 4.74 Å². The summed E-state index contributed by atoms with van der Waals surface area (Å²) in [5.74, 6) is -2.17. The first-order valence-corrected chi connectivity index (χ1v) is 10.7. The van der Waals surface area contributed by atoms with Gasteiger partial charge in [-0.05, 0) is 54.7 Å². The second-order valence-electron chi connectivity index (χ2n) is 8.17. The van der Waals surface area contributed by atoms with Crippen molar-refractivity contribution in [1.29, 1.82) is 0 Å². The van der Waals surface area contributed by atoms with E-state index in [0.717, 1.165) is 24.4 Å². The lowest BCUT2D eigenvalue weighted by Crippen LogP contribution is -2.31. The summed E-state index contributed by atoms with van der Waals surface area (Å²) in [6, 6.07) is 3.87. The zero-order valence-corrected chi connectivity index (χ0v) is 18.5. The molecule has 0 radical (unpaired) electrons. The molecule has 0 unspecified atom stereocenters. The Balaban J connectivity index is 2.12. The molecule has 0 atom stereocenters. The van der Waals surface area contributed by atoms with Gasteiger partial charge in [0, 0.05) is 30.8 Å². The van der Waals surface area contributed by atoms with Gasteiger partial charge in [-0.25, -0.2) is 4.98 Å². The van der Waals surface area contributed by atoms with Gasteiger partial charge in [0.05, 0.1) is 12.0 Å². The number of aliphatic carboxylic acids is 1. The summed E-state index contributed by atoms with van der Waals surface area (Å²) in [5.41, 5.74) is -0.928. The van der Waals surface area contributed by atoms with Crippen molar-refractivity contribution in [2.75, 3.05) is 13.2 Å². The Hall–Kier alpha value is -3.31. The molecule has 35 heavy (non-hydrogen) atoms. The molecule has 6 nitrogen and oxygen atoms in total. The molecule has 0 spiro atoms. The summed E-state index contributed by atoms with van der Waals surface area (Å²) in [6.45, 7) is -0.0598. The predicted octanol–water partition coefficient (Wildman–Crippen LogP) is 5.09. The smallest absolute Gasteiger partial charge is 0.422 e. The molecular weight excluding hydrogens is 482 g/mol. The molecule has 1 aromatic carbocycles. The molecule has 1 saturated carbocycles. The number of nitrogens with zero attached hydrogens (tertiary/aromatic N) is 2. The standard InChI is InChI=1S/C23H22F6N2O4/c1-2-31(21(34)14-3-4-14)11-15-9-16(23(27,28)29)5-6-17(15)18-7-13(8-19(32)33)10-30-20(18)35-12-22(24,25)26/h5-7,9-10,14H,2-4,8,11-12H2,1H3,(H,32,33). The molecule has 1 fully saturated rings. The van der Waals surface area contributed by atoms with Crippen LogP contribution in [0.1, 0.15) is 36.5 Å². The molecule has 3 rings (SSSR count). The van der Waals surface area contributed by atoms with E-state index in [-0.39, 0.29) is 47.2 Å². The van der Waals surface area contributed by atoms with E-state index in [1.54, 1.807) is 6.92 Å². The van der Waals surface area contributed by atoms with Crippen LogP contribution >= 0.6 is 0 Å². The molecule has 2 aromatic rings. The van der Waals surface area contributed by atoms with Crippen LogP contribution in [0.4, 0.5) is 26.3 Å². The van der Waals surface area contributed by atoms with Crippen LogP contribution in [0.15, 0.2) is 30.5 Å². The molecule has 0 saturated heterocycles. The normalized spacial score (nSPS) is 14.0. The van der Waals surface area contributed by atoms with E-state index in [1.165, 1.54) is 11.0 Å². The fraction of sp³-hybridized carbons (Fsp3) is 0.435. The van der Waals surface area contributed by atoms with Gasteiger partial charge in [0.2, 0.25) is 11.8 Å². The Kier molecular flexibility index (Phi) is 7.61. The first kappa shape index (κ1) is 26.3. The number of carbonyl (C=O) groups is 2. The van der Waals surface area contributed by atoms with E-state index >= 15 is 0 Å². The zero-order chi connectivity index (χ0) is 26.0. The van der Waals surface area contributed by atoms with Gasteiger partial charge in [-0.1, -0.05) is 6.07 Å². The fourth-order valence-electron chi connectivity index (χ4n) is 3.53. The van der Waals surface area contributed by atoms with Crippen molar-refractivity contribution in [1.82, 2.24) is 9.88 Å². The Labute approximate surface area is 196 Å². The first-order valence-electron chi connectivity index (χ1n) is 10.7. The number of carbonyl (C=O) groups excluding carboxylic acids is 1. The highest BCUT2D eigenvalue weighted by Gasteiger charge is 2.35. The first-order chi connectivity index (χ1) is 16.3. The average molecular weight is 504 g/mol. The lowest BCUT2D eigenvalue weighted by molar-refractivity contribution is -0.154. The highest BCUT2D eigenvalue weighted by Crippen LogP contribution is 2.38. The van der Waals surface area contributed by atoms with Crippen LogP contribution in [0.25, 0.3) is 11.1 Å². The molecule has 1 aliphatic rings. The van der Waals surface area contributed by atoms with Gasteiger partial charge in [-0.15, -0.1) is 0 Å². The molecular formula is C23H22F6N2O4. The minimum atomic E-state index is -4.71. The van der Waals surface area contributed by atoms with Crippen molar-refractivity contribution in [3.8, 4) is 17.0 Å². The molecule has 190 valence electrons. The summed E-state index contributed by atoms with van der Waals surface area (Å²) in [7, 11) is 0. The third kappa shape index (κ3) is 7.09. The quantitative estimate of drug-likeness (QED) is 0.481. The molecule has 1 aromatic heterocycles. The number of alkyl halides is 6. The monoisotopic (exact) mass is 504 g/mol. The minimum Gasteiger partial charge on any atom is -0.481 e. The van der Waals surface area contributed by atoms with Crippen molar-refractivity contribution in [2.45, 2.75) is 45.1 Å². The number of amides is 1. The van der Waals surface area contributed by atoms with Crippen LogP contribution in [0.2, 0.25) is 0 Å². The maximum atomic E-state index is 13.4. The Morgan fingerprint density at radius 2 is 1.80 bits per heavy atom. The number of aromatic nitrogens is 1. The van der Waals surface area contributed by atoms with E-state index in [9.17, 15) is 35.9 Å². The number of carboxylic acid groups (broad SMARTS) is 1. The van der Waals surface area contributed by atoms with Gasteiger partial charge in [0.1, 0.15) is 0 Å². The van der Waals surface area contributed by atoms with Crippen LogP contribution in [-0.2, 0) is 28.7 Å². The van der Waals surface area contributed by atoms with Crippen LogP contribution in [-0.4, -0.2) is 46.2 Å². The van der Waals surface area contributed by atoms with Crippen molar-refractivity contribution >= 4 is 11.9 Å². The molecule has 1 amide bonds. The Morgan fingerprint density at radius 3 is 2.34 bits per heavy atom. The van der Waals surface area contributed by atoms with E-state index in [2.05, 4.69) is 4.98 Å². The zero-order valence-electron chi connectivity index (χ0n) is 18.5. The van der Waals surface area contributed by atoms with Gasteiger partial charge in [0.25, 0.3) is 0 Å². The van der Waals surface area contributed by atoms with Gasteiger partial charge in [-0.2, -0.15) is 26.3 Å². The Morgan fingerprint density at radius 1 is 1.11 bits per heavy atom. The summed E-state index contributed by atoms with van der Waals surface area (Å²) in [5, 5.41) is 9.08. The number of hydrogen-bond acceptors (Lipinski definition) is 4. The summed E-state index contributed by atoms with van der Waals surface area (Å²) >= 11 is 0. The molecule has 1 N–H and O–H groups in total. The topological polar surface area (TPSA) is 79.7 Å². The largest absolute Gasteiger partial charge is 0.481 e. The summed E-state index contributed by atoms with van der Waals surface area (Å²) in [4.78, 5) is 28.9. The van der Waals surface area contributed by atoms with Gasteiger partial charge >= 0.3 is 18.3 Å². The van der Waals surface area contributed by atoms with Crippen LogP contribution in [0, 0.1) is 5.92 Å².